The van der Waals surface area contributed by atoms with Crippen molar-refractivity contribution in [2.75, 3.05) is 31.0 Å². The van der Waals surface area contributed by atoms with Crippen molar-refractivity contribution in [2.45, 2.75) is 33.6 Å². The van der Waals surface area contributed by atoms with E-state index >= 15 is 0 Å². The highest BCUT2D eigenvalue weighted by molar-refractivity contribution is 6.08. The van der Waals surface area contributed by atoms with Crippen LogP contribution in [0.5, 0.6) is 0 Å². The van der Waals surface area contributed by atoms with Crippen LogP contribution in [0.25, 0.3) is 0 Å². The number of carbonyl (C=O) groups excluding carboxylic acids is 3. The number of furan rings is 1. The van der Waals surface area contributed by atoms with E-state index in [4.69, 9.17) is 13.9 Å². The number of rotatable bonds is 6. The number of Topliss-reactive ketones (excluding diaryl/α,β-unsaturated/α-hetero) is 1. The molecule has 0 saturated heterocycles. The molecular formula is C22H26N2O6. The third kappa shape index (κ3) is 4.88. The van der Waals surface area contributed by atoms with Crippen LogP contribution in [0.15, 0.2) is 28.7 Å². The summed E-state index contributed by atoms with van der Waals surface area (Å²) in [5.41, 5.74) is 1.81. The summed E-state index contributed by atoms with van der Waals surface area (Å²) in [6, 6.07) is 6.64. The molecule has 0 spiro atoms. The Hall–Kier alpha value is -3.13. The molecule has 1 heterocycles. The molecule has 0 radical (unpaired) electrons. The highest BCUT2D eigenvalue weighted by Gasteiger charge is 2.37. The molecule has 0 fully saturated rings. The molecule has 160 valence electrons. The fourth-order valence-electron chi connectivity index (χ4n) is 3.53. The average Bonchev–Trinajstić information content (AvgIpc) is 2.97. The number of hydrogen-bond acceptors (Lipinski definition) is 6. The molecule has 3 rings (SSSR count). The predicted octanol–water partition coefficient (Wildman–Crippen LogP) is 4.19. The number of nitrogens with one attached hydrogen (secondary N) is 2. The van der Waals surface area contributed by atoms with Gasteiger partial charge >= 0.3 is 6.09 Å². The number of ether oxygens (including phenoxy) is 2. The lowest BCUT2D eigenvalue weighted by molar-refractivity contribution is 0.0898. The van der Waals surface area contributed by atoms with Gasteiger partial charge in [-0.25, -0.2) is 4.79 Å². The van der Waals surface area contributed by atoms with Crippen molar-refractivity contribution in [3.8, 4) is 0 Å². The fraction of sp³-hybridized carbons (Fsp3) is 0.409. The number of methoxy groups -OCH3 is 1. The van der Waals surface area contributed by atoms with E-state index in [2.05, 4.69) is 10.6 Å². The van der Waals surface area contributed by atoms with Crippen LogP contribution in [0.3, 0.4) is 0 Å². The van der Waals surface area contributed by atoms with Gasteiger partial charge in [-0.15, -0.1) is 0 Å². The summed E-state index contributed by atoms with van der Waals surface area (Å²) >= 11 is 0. The van der Waals surface area contributed by atoms with Gasteiger partial charge in [0.05, 0.1) is 12.2 Å². The predicted molar refractivity (Wildman–Crippen MR) is 111 cm³/mol. The first-order chi connectivity index (χ1) is 14.2. The summed E-state index contributed by atoms with van der Waals surface area (Å²) in [6.45, 7) is 6.17. The zero-order valence-electron chi connectivity index (χ0n) is 17.6. The number of anilines is 2. The molecule has 1 aromatic heterocycles. The van der Waals surface area contributed by atoms with Gasteiger partial charge in [0.25, 0.3) is 5.91 Å². The molecule has 0 bridgehead atoms. The fourth-order valence-corrected chi connectivity index (χ4v) is 3.53. The summed E-state index contributed by atoms with van der Waals surface area (Å²) in [4.78, 5) is 37.1. The first kappa shape index (κ1) is 21.6. The van der Waals surface area contributed by atoms with Gasteiger partial charge < -0.3 is 19.2 Å². The second-order valence-electron chi connectivity index (χ2n) is 8.08. The van der Waals surface area contributed by atoms with Gasteiger partial charge in [0.15, 0.2) is 11.5 Å². The Morgan fingerprint density at radius 1 is 1.13 bits per heavy atom. The van der Waals surface area contributed by atoms with Gasteiger partial charge in [-0.1, -0.05) is 19.9 Å². The van der Waals surface area contributed by atoms with Crippen LogP contribution in [0.1, 0.15) is 52.5 Å². The van der Waals surface area contributed by atoms with Crippen molar-refractivity contribution in [3.05, 3.63) is 46.9 Å². The highest BCUT2D eigenvalue weighted by Crippen LogP contribution is 2.38. The van der Waals surface area contributed by atoms with Crippen molar-refractivity contribution < 1.29 is 28.3 Å². The SMILES string of the molecule is COCCOC(=O)Nc1cccc(NC(=O)c2oc3c(c2C)C(=O)CC(C)(C)C3)c1. The number of fused-ring (bicyclic) bond motifs is 1. The summed E-state index contributed by atoms with van der Waals surface area (Å²) in [6.07, 6.45) is 0.411. The molecule has 0 aliphatic heterocycles. The molecule has 30 heavy (non-hydrogen) atoms. The van der Waals surface area contributed by atoms with Crippen LogP contribution in [0, 0.1) is 12.3 Å². The maximum absolute atomic E-state index is 12.8. The van der Waals surface area contributed by atoms with Crippen LogP contribution in [-0.2, 0) is 15.9 Å². The Morgan fingerprint density at radius 2 is 1.83 bits per heavy atom. The smallest absolute Gasteiger partial charge is 0.411 e. The number of benzene rings is 1. The molecule has 2 aromatic rings. The maximum Gasteiger partial charge on any atom is 0.411 e. The Kier molecular flexibility index (Phi) is 6.26. The van der Waals surface area contributed by atoms with Gasteiger partial charge in [0.2, 0.25) is 0 Å². The standard InChI is InChI=1S/C22H26N2O6/c1-13-18-16(25)11-22(2,3)12-17(18)30-19(13)20(26)23-14-6-5-7-15(10-14)24-21(27)29-9-8-28-4/h5-7,10H,8-9,11-12H2,1-4H3,(H,23,26)(H,24,27). The molecule has 8 heteroatoms. The largest absolute Gasteiger partial charge is 0.455 e. The first-order valence-electron chi connectivity index (χ1n) is 9.70. The van der Waals surface area contributed by atoms with Crippen LogP contribution >= 0.6 is 0 Å². The third-order valence-electron chi connectivity index (χ3n) is 4.87. The van der Waals surface area contributed by atoms with Gasteiger partial charge in [-0.05, 0) is 30.5 Å². The normalized spacial score (nSPS) is 14.7. The summed E-state index contributed by atoms with van der Waals surface area (Å²) in [5, 5.41) is 5.34. The van der Waals surface area contributed by atoms with Gasteiger partial charge in [-0.2, -0.15) is 0 Å². The minimum absolute atomic E-state index is 0.000247. The molecule has 8 nitrogen and oxygen atoms in total. The molecular weight excluding hydrogens is 388 g/mol. The van der Waals surface area contributed by atoms with Crippen molar-refractivity contribution in [3.63, 3.8) is 0 Å². The van der Waals surface area contributed by atoms with E-state index in [1.54, 1.807) is 31.2 Å². The summed E-state index contributed by atoms with van der Waals surface area (Å²) in [5.74, 6) is 0.239. The topological polar surface area (TPSA) is 107 Å². The zero-order chi connectivity index (χ0) is 21.9. The second-order valence-corrected chi connectivity index (χ2v) is 8.08. The van der Waals surface area contributed by atoms with Crippen molar-refractivity contribution in [1.82, 2.24) is 0 Å². The highest BCUT2D eigenvalue weighted by atomic mass is 16.6. The van der Waals surface area contributed by atoms with Crippen LogP contribution in [0.2, 0.25) is 0 Å². The zero-order valence-corrected chi connectivity index (χ0v) is 17.6. The monoisotopic (exact) mass is 414 g/mol. The Labute approximate surface area is 174 Å². The van der Waals surface area contributed by atoms with Crippen LogP contribution in [0.4, 0.5) is 16.2 Å². The second kappa shape index (κ2) is 8.71. The van der Waals surface area contributed by atoms with E-state index in [0.29, 0.717) is 47.7 Å². The van der Waals surface area contributed by atoms with E-state index in [-0.39, 0.29) is 23.6 Å². The molecule has 0 atom stereocenters. The average molecular weight is 414 g/mol. The molecule has 1 aliphatic rings. The lowest BCUT2D eigenvalue weighted by Gasteiger charge is -2.27. The van der Waals surface area contributed by atoms with Crippen LogP contribution < -0.4 is 10.6 Å². The Balaban J connectivity index is 1.71. The maximum atomic E-state index is 12.8. The third-order valence-corrected chi connectivity index (χ3v) is 4.87. The number of ketones is 1. The number of amides is 2. The van der Waals surface area contributed by atoms with Gasteiger partial charge in [0.1, 0.15) is 12.4 Å². The summed E-state index contributed by atoms with van der Waals surface area (Å²) < 4.78 is 15.6. The summed E-state index contributed by atoms with van der Waals surface area (Å²) in [7, 11) is 1.52. The molecule has 1 aliphatic carbocycles. The van der Waals surface area contributed by atoms with Crippen molar-refractivity contribution in [2.24, 2.45) is 5.41 Å². The van der Waals surface area contributed by atoms with E-state index in [0.717, 1.165) is 0 Å². The molecule has 0 unspecified atom stereocenters. The number of carbonyl (C=O) groups is 3. The lowest BCUT2D eigenvalue weighted by atomic mass is 9.76. The Bertz CT molecular complexity index is 976. The number of hydrogen-bond donors (Lipinski definition) is 2. The van der Waals surface area contributed by atoms with Crippen LogP contribution in [-0.4, -0.2) is 38.1 Å². The van der Waals surface area contributed by atoms with E-state index in [9.17, 15) is 14.4 Å². The molecule has 0 saturated carbocycles. The lowest BCUT2D eigenvalue weighted by Crippen LogP contribution is -2.26. The molecule has 2 N–H and O–H groups in total. The van der Waals surface area contributed by atoms with E-state index in [1.165, 1.54) is 7.11 Å². The van der Waals surface area contributed by atoms with Crippen molar-refractivity contribution >= 4 is 29.2 Å². The molecule has 2 amide bonds. The molecule has 1 aromatic carbocycles. The minimum atomic E-state index is -0.619. The van der Waals surface area contributed by atoms with Gasteiger partial charge in [0, 0.05) is 36.9 Å². The Morgan fingerprint density at radius 3 is 2.53 bits per heavy atom. The van der Waals surface area contributed by atoms with E-state index in [1.807, 2.05) is 13.8 Å². The van der Waals surface area contributed by atoms with E-state index < -0.39 is 12.0 Å². The minimum Gasteiger partial charge on any atom is -0.455 e. The first-order valence-corrected chi connectivity index (χ1v) is 9.70. The van der Waals surface area contributed by atoms with Gasteiger partial charge in [-0.3, -0.25) is 14.9 Å². The quantitative estimate of drug-likeness (QED) is 0.687. The van der Waals surface area contributed by atoms with Crippen molar-refractivity contribution in [1.29, 1.82) is 0 Å².